The number of aliphatic hydroxyl groups excluding tert-OH is 1. The SMILES string of the molecule is CC1Cc2cc(/C(O)=C3\C(=O)C(=O)N(CCCn4ccnc4)C3c3cccc(OCc4ccccc4)c3)ccc2O1. The van der Waals surface area contributed by atoms with E-state index in [1.807, 2.05) is 84.4 Å². The van der Waals surface area contributed by atoms with Crippen molar-refractivity contribution in [3.8, 4) is 11.5 Å². The number of carbonyl (C=O) groups excluding carboxylic acids is 2. The maximum absolute atomic E-state index is 13.5. The molecule has 0 aliphatic carbocycles. The van der Waals surface area contributed by atoms with Crippen molar-refractivity contribution in [1.82, 2.24) is 14.5 Å². The van der Waals surface area contributed by atoms with E-state index in [1.165, 1.54) is 0 Å². The summed E-state index contributed by atoms with van der Waals surface area (Å²) in [5.74, 6) is -0.136. The molecule has 0 spiro atoms. The first-order valence-electron chi connectivity index (χ1n) is 13.8. The van der Waals surface area contributed by atoms with Gasteiger partial charge in [-0.25, -0.2) is 4.98 Å². The summed E-state index contributed by atoms with van der Waals surface area (Å²) in [5.41, 5.74) is 3.24. The highest BCUT2D eigenvalue weighted by molar-refractivity contribution is 6.46. The molecule has 0 saturated carbocycles. The van der Waals surface area contributed by atoms with Crippen molar-refractivity contribution in [1.29, 1.82) is 0 Å². The maximum atomic E-state index is 13.5. The normalized spacial score (nSPS) is 19.3. The molecule has 2 aliphatic rings. The van der Waals surface area contributed by atoms with E-state index in [9.17, 15) is 14.7 Å². The average molecular weight is 550 g/mol. The molecule has 3 aromatic carbocycles. The number of ether oxygens (including phenoxy) is 2. The van der Waals surface area contributed by atoms with Crippen LogP contribution in [0.15, 0.2) is 97.1 Å². The minimum absolute atomic E-state index is 0.0436. The Morgan fingerprint density at radius 1 is 1.05 bits per heavy atom. The van der Waals surface area contributed by atoms with Crippen molar-refractivity contribution >= 4 is 17.4 Å². The first-order valence-corrected chi connectivity index (χ1v) is 13.8. The average Bonchev–Trinajstić information content (AvgIpc) is 3.70. The van der Waals surface area contributed by atoms with E-state index in [0.29, 0.717) is 49.4 Å². The number of aryl methyl sites for hydroxylation is 1. The van der Waals surface area contributed by atoms with Gasteiger partial charge in [-0.1, -0.05) is 42.5 Å². The van der Waals surface area contributed by atoms with Crippen molar-refractivity contribution < 1.29 is 24.2 Å². The number of nitrogens with zero attached hydrogens (tertiary/aromatic N) is 3. The number of benzene rings is 3. The van der Waals surface area contributed by atoms with Gasteiger partial charge in [-0.15, -0.1) is 0 Å². The number of carbonyl (C=O) groups is 2. The zero-order chi connectivity index (χ0) is 28.3. The van der Waals surface area contributed by atoms with Crippen LogP contribution >= 0.6 is 0 Å². The Hall–Kier alpha value is -4.85. The van der Waals surface area contributed by atoms with Crippen LogP contribution < -0.4 is 9.47 Å². The lowest BCUT2D eigenvalue weighted by Crippen LogP contribution is -2.31. The van der Waals surface area contributed by atoms with Crippen LogP contribution in [0.25, 0.3) is 5.76 Å². The minimum Gasteiger partial charge on any atom is -0.507 e. The summed E-state index contributed by atoms with van der Waals surface area (Å²) in [4.78, 5) is 32.6. The number of rotatable bonds is 9. The number of Topliss-reactive ketones (excluding diaryl/α,β-unsaturated/α-hetero) is 1. The molecule has 2 aliphatic heterocycles. The summed E-state index contributed by atoms with van der Waals surface area (Å²) in [7, 11) is 0. The third kappa shape index (κ3) is 5.45. The number of amides is 1. The van der Waals surface area contributed by atoms with Gasteiger partial charge in [0.05, 0.1) is 17.9 Å². The van der Waals surface area contributed by atoms with Gasteiger partial charge in [0.15, 0.2) is 0 Å². The number of imidazole rings is 1. The molecule has 8 heteroatoms. The summed E-state index contributed by atoms with van der Waals surface area (Å²) in [6.07, 6.45) is 6.65. The molecule has 1 N–H and O–H groups in total. The highest BCUT2D eigenvalue weighted by Crippen LogP contribution is 2.41. The fourth-order valence-electron chi connectivity index (χ4n) is 5.54. The van der Waals surface area contributed by atoms with Crippen LogP contribution in [0.3, 0.4) is 0 Å². The molecule has 0 bridgehead atoms. The molecule has 0 radical (unpaired) electrons. The van der Waals surface area contributed by atoms with Gasteiger partial charge in [0.2, 0.25) is 0 Å². The van der Waals surface area contributed by atoms with Crippen LogP contribution in [0.1, 0.15) is 41.6 Å². The standard InChI is InChI=1S/C33H31N3O5/c1-22-17-26-18-25(11-12-28(26)41-22)31(37)29-30(36(33(39)32(29)38)15-6-14-35-16-13-34-21-35)24-9-5-10-27(19-24)40-20-23-7-3-2-4-8-23/h2-5,7-13,16,18-19,21-22,30,37H,6,14-15,17,20H2,1H3/b31-29+. The number of likely N-dealkylation sites (tertiary alicyclic amines) is 1. The highest BCUT2D eigenvalue weighted by Gasteiger charge is 2.46. The van der Waals surface area contributed by atoms with Crippen molar-refractivity contribution in [3.05, 3.63) is 119 Å². The summed E-state index contributed by atoms with van der Waals surface area (Å²) < 4.78 is 13.8. The van der Waals surface area contributed by atoms with Gasteiger partial charge in [-0.05, 0) is 60.4 Å². The van der Waals surface area contributed by atoms with Gasteiger partial charge in [-0.2, -0.15) is 0 Å². The molecule has 4 aromatic rings. The fraction of sp³-hybridized carbons (Fsp3) is 0.242. The predicted octanol–water partition coefficient (Wildman–Crippen LogP) is 5.30. The molecule has 1 amide bonds. The number of ketones is 1. The van der Waals surface area contributed by atoms with E-state index in [-0.39, 0.29) is 17.4 Å². The first kappa shape index (κ1) is 26.4. The molecule has 1 saturated heterocycles. The molecular formula is C33H31N3O5. The molecule has 6 rings (SSSR count). The Bertz CT molecular complexity index is 1600. The Morgan fingerprint density at radius 2 is 1.90 bits per heavy atom. The lowest BCUT2D eigenvalue weighted by Gasteiger charge is -2.26. The van der Waals surface area contributed by atoms with Gasteiger partial charge in [0.1, 0.15) is 30.0 Å². The lowest BCUT2D eigenvalue weighted by atomic mass is 9.94. The summed E-state index contributed by atoms with van der Waals surface area (Å²) >= 11 is 0. The fourth-order valence-corrected chi connectivity index (χ4v) is 5.54. The van der Waals surface area contributed by atoms with E-state index in [2.05, 4.69) is 4.98 Å². The Labute approximate surface area is 238 Å². The molecule has 2 unspecified atom stereocenters. The van der Waals surface area contributed by atoms with Crippen LogP contribution in [-0.2, 0) is 29.2 Å². The van der Waals surface area contributed by atoms with E-state index in [1.54, 1.807) is 23.5 Å². The number of aromatic nitrogens is 2. The van der Waals surface area contributed by atoms with Crippen LogP contribution in [0.2, 0.25) is 0 Å². The number of hydrogen-bond acceptors (Lipinski definition) is 6. The zero-order valence-electron chi connectivity index (χ0n) is 22.8. The number of aliphatic hydroxyl groups is 1. The van der Waals surface area contributed by atoms with E-state index >= 15 is 0 Å². The number of hydrogen-bond donors (Lipinski definition) is 1. The van der Waals surface area contributed by atoms with E-state index in [4.69, 9.17) is 9.47 Å². The monoisotopic (exact) mass is 549 g/mol. The number of fused-ring (bicyclic) bond motifs is 1. The quantitative estimate of drug-likeness (QED) is 0.173. The van der Waals surface area contributed by atoms with Crippen molar-refractivity contribution in [3.63, 3.8) is 0 Å². The summed E-state index contributed by atoms with van der Waals surface area (Å²) in [5, 5.41) is 11.5. The van der Waals surface area contributed by atoms with Gasteiger partial charge >= 0.3 is 0 Å². The van der Waals surface area contributed by atoms with Gasteiger partial charge in [-0.3, -0.25) is 9.59 Å². The van der Waals surface area contributed by atoms with Gasteiger partial charge in [0, 0.05) is 37.5 Å². The Morgan fingerprint density at radius 3 is 2.71 bits per heavy atom. The smallest absolute Gasteiger partial charge is 0.295 e. The summed E-state index contributed by atoms with van der Waals surface area (Å²) in [6.45, 7) is 3.33. The second kappa shape index (κ2) is 11.3. The Balaban J connectivity index is 1.35. The zero-order valence-corrected chi connectivity index (χ0v) is 22.8. The van der Waals surface area contributed by atoms with Crippen molar-refractivity contribution in [2.24, 2.45) is 0 Å². The second-order valence-electron chi connectivity index (χ2n) is 10.4. The highest BCUT2D eigenvalue weighted by atomic mass is 16.5. The third-order valence-electron chi connectivity index (χ3n) is 7.51. The largest absolute Gasteiger partial charge is 0.507 e. The van der Waals surface area contributed by atoms with Crippen LogP contribution in [-0.4, -0.2) is 43.9 Å². The van der Waals surface area contributed by atoms with Gasteiger partial charge < -0.3 is 24.0 Å². The topological polar surface area (TPSA) is 93.9 Å². The minimum atomic E-state index is -0.763. The van der Waals surface area contributed by atoms with Crippen LogP contribution in [0.5, 0.6) is 11.5 Å². The Kier molecular flexibility index (Phi) is 7.29. The van der Waals surface area contributed by atoms with Gasteiger partial charge in [0.25, 0.3) is 11.7 Å². The first-order chi connectivity index (χ1) is 20.0. The van der Waals surface area contributed by atoms with Crippen molar-refractivity contribution in [2.45, 2.75) is 45.1 Å². The van der Waals surface area contributed by atoms with Crippen molar-refractivity contribution in [2.75, 3.05) is 6.54 Å². The van der Waals surface area contributed by atoms with E-state index < -0.39 is 17.7 Å². The molecular weight excluding hydrogens is 518 g/mol. The summed E-state index contributed by atoms with van der Waals surface area (Å²) in [6, 6.07) is 21.9. The predicted molar refractivity (Wildman–Crippen MR) is 153 cm³/mol. The van der Waals surface area contributed by atoms with E-state index in [0.717, 1.165) is 16.9 Å². The molecule has 3 heterocycles. The lowest BCUT2D eigenvalue weighted by molar-refractivity contribution is -0.139. The third-order valence-corrected chi connectivity index (χ3v) is 7.51. The molecule has 1 fully saturated rings. The molecule has 8 nitrogen and oxygen atoms in total. The maximum Gasteiger partial charge on any atom is 0.295 e. The van der Waals surface area contributed by atoms with Crippen LogP contribution in [0, 0.1) is 0 Å². The molecule has 2 atom stereocenters. The second-order valence-corrected chi connectivity index (χ2v) is 10.4. The van der Waals surface area contributed by atoms with Crippen LogP contribution in [0.4, 0.5) is 0 Å². The molecule has 208 valence electrons. The molecule has 41 heavy (non-hydrogen) atoms. The molecule has 1 aromatic heterocycles.